The number of carbonyl (C=O) groups excluding carboxylic acids is 1. The molecular formula is C12H10N2O4S2. The Morgan fingerprint density at radius 2 is 2.25 bits per heavy atom. The van der Waals surface area contributed by atoms with E-state index in [4.69, 9.17) is 17.3 Å². The Bertz CT molecular complexity index is 615. The number of hydrogen-bond donors (Lipinski definition) is 1. The molecule has 1 heterocycles. The minimum absolute atomic E-state index is 0.0374. The van der Waals surface area contributed by atoms with E-state index in [1.54, 1.807) is 18.2 Å². The molecule has 6 nitrogen and oxygen atoms in total. The van der Waals surface area contributed by atoms with Crippen LogP contribution in [0.1, 0.15) is 5.56 Å². The Hall–Kier alpha value is -1.77. The normalized spacial score (nSPS) is 17.1. The molecule has 1 aromatic rings. The third-order valence-corrected chi connectivity index (χ3v) is 3.95. The first-order valence-corrected chi connectivity index (χ1v) is 6.86. The molecule has 0 saturated carbocycles. The molecule has 1 N–H and O–H groups in total. The molecule has 104 valence electrons. The maximum Gasteiger partial charge on any atom is 0.270 e. The maximum atomic E-state index is 12.0. The van der Waals surface area contributed by atoms with E-state index in [0.717, 1.165) is 11.8 Å². The number of aliphatic hydroxyl groups is 1. The summed E-state index contributed by atoms with van der Waals surface area (Å²) in [5.41, 5.74) is 0.522. The van der Waals surface area contributed by atoms with Crippen LogP contribution in [0.2, 0.25) is 0 Å². The minimum Gasteiger partial charge on any atom is -0.395 e. The van der Waals surface area contributed by atoms with Crippen LogP contribution in [0, 0.1) is 10.1 Å². The molecule has 1 amide bonds. The van der Waals surface area contributed by atoms with Gasteiger partial charge in [-0.05, 0) is 11.6 Å². The second-order valence-electron chi connectivity index (χ2n) is 3.91. The minimum atomic E-state index is -0.492. The summed E-state index contributed by atoms with van der Waals surface area (Å²) in [5.74, 6) is -0.291. The molecular weight excluding hydrogens is 300 g/mol. The lowest BCUT2D eigenvalue weighted by atomic mass is 10.2. The van der Waals surface area contributed by atoms with E-state index in [9.17, 15) is 14.9 Å². The Morgan fingerprint density at radius 1 is 1.50 bits per heavy atom. The highest BCUT2D eigenvalue weighted by molar-refractivity contribution is 8.26. The van der Waals surface area contributed by atoms with Gasteiger partial charge < -0.3 is 5.11 Å². The summed E-state index contributed by atoms with van der Waals surface area (Å²) in [6.45, 7) is -0.0204. The van der Waals surface area contributed by atoms with Crippen LogP contribution in [-0.4, -0.2) is 38.3 Å². The number of thiocarbonyl (C=S) groups is 1. The lowest BCUT2D eigenvalue weighted by molar-refractivity contribution is -0.384. The second kappa shape index (κ2) is 6.12. The van der Waals surface area contributed by atoms with Crippen molar-refractivity contribution in [2.75, 3.05) is 13.2 Å². The van der Waals surface area contributed by atoms with Crippen LogP contribution in [-0.2, 0) is 4.79 Å². The summed E-state index contributed by atoms with van der Waals surface area (Å²) in [7, 11) is 0. The number of aliphatic hydroxyl groups excluding tert-OH is 1. The van der Waals surface area contributed by atoms with Crippen LogP contribution >= 0.6 is 24.0 Å². The molecule has 0 bridgehead atoms. The Morgan fingerprint density at radius 3 is 2.90 bits per heavy atom. The Labute approximate surface area is 124 Å². The molecule has 0 aliphatic carbocycles. The third kappa shape index (κ3) is 3.03. The van der Waals surface area contributed by atoms with Gasteiger partial charge in [0.25, 0.3) is 11.6 Å². The third-order valence-electron chi connectivity index (χ3n) is 2.58. The largest absolute Gasteiger partial charge is 0.395 e. The van der Waals surface area contributed by atoms with Crippen molar-refractivity contribution in [3.05, 3.63) is 44.8 Å². The fourth-order valence-electron chi connectivity index (χ4n) is 1.67. The van der Waals surface area contributed by atoms with Gasteiger partial charge in [0.2, 0.25) is 0 Å². The number of nitrogens with zero attached hydrogens (tertiary/aromatic N) is 2. The molecule has 1 fully saturated rings. The Kier molecular flexibility index (Phi) is 4.48. The number of hydrogen-bond acceptors (Lipinski definition) is 6. The van der Waals surface area contributed by atoms with Crippen molar-refractivity contribution in [1.82, 2.24) is 4.90 Å². The average molecular weight is 310 g/mol. The van der Waals surface area contributed by atoms with Gasteiger partial charge in [0.15, 0.2) is 0 Å². The van der Waals surface area contributed by atoms with Crippen LogP contribution < -0.4 is 0 Å². The fraction of sp³-hybridized carbons (Fsp3) is 0.167. The number of thioether (sulfide) groups is 1. The monoisotopic (exact) mass is 310 g/mol. The van der Waals surface area contributed by atoms with E-state index < -0.39 is 4.92 Å². The van der Waals surface area contributed by atoms with Gasteiger partial charge in [-0.2, -0.15) is 0 Å². The molecule has 2 rings (SSSR count). The standard InChI is InChI=1S/C12H10N2O4S2/c15-5-4-13-11(16)10(20-12(13)19)7-8-2-1-3-9(6-8)14(17)18/h1-3,6-7,15H,4-5H2/b10-7-. The first kappa shape index (κ1) is 14.6. The summed E-state index contributed by atoms with van der Waals surface area (Å²) in [5, 5.41) is 19.6. The maximum absolute atomic E-state index is 12.0. The van der Waals surface area contributed by atoms with Gasteiger partial charge in [0, 0.05) is 12.1 Å². The summed E-state index contributed by atoms with van der Waals surface area (Å²) >= 11 is 6.17. The zero-order valence-corrected chi connectivity index (χ0v) is 11.8. The number of β-amino-alcohol motifs (C(OH)–C–C–N with tert-alkyl or cyclic N) is 1. The molecule has 1 aliphatic rings. The van der Waals surface area contributed by atoms with Crippen molar-refractivity contribution < 1.29 is 14.8 Å². The fourth-order valence-corrected chi connectivity index (χ4v) is 2.98. The summed E-state index contributed by atoms with van der Waals surface area (Å²) < 4.78 is 0.376. The van der Waals surface area contributed by atoms with Gasteiger partial charge in [-0.1, -0.05) is 36.1 Å². The summed E-state index contributed by atoms with van der Waals surface area (Å²) in [6, 6.07) is 6.00. The van der Waals surface area contributed by atoms with Gasteiger partial charge in [0.1, 0.15) is 4.32 Å². The lowest BCUT2D eigenvalue weighted by Gasteiger charge is -2.11. The van der Waals surface area contributed by atoms with Crippen LogP contribution in [0.25, 0.3) is 6.08 Å². The second-order valence-corrected chi connectivity index (χ2v) is 5.58. The number of carbonyl (C=O) groups is 1. The van der Waals surface area contributed by atoms with Crippen molar-refractivity contribution in [1.29, 1.82) is 0 Å². The first-order valence-electron chi connectivity index (χ1n) is 5.63. The zero-order chi connectivity index (χ0) is 14.7. The number of nitro benzene ring substituents is 1. The van der Waals surface area contributed by atoms with Crippen molar-refractivity contribution in [2.45, 2.75) is 0 Å². The molecule has 8 heteroatoms. The predicted molar refractivity (Wildman–Crippen MR) is 80.1 cm³/mol. The molecule has 0 radical (unpaired) electrons. The SMILES string of the molecule is O=C1/C(=C/c2cccc([N+](=O)[O-])c2)SC(=S)N1CCO. The molecule has 0 atom stereocenters. The van der Waals surface area contributed by atoms with Crippen LogP contribution in [0.3, 0.4) is 0 Å². The first-order chi connectivity index (χ1) is 9.52. The topological polar surface area (TPSA) is 83.7 Å². The number of benzene rings is 1. The van der Waals surface area contributed by atoms with Gasteiger partial charge in [-0.15, -0.1) is 0 Å². The lowest BCUT2D eigenvalue weighted by Crippen LogP contribution is -2.30. The molecule has 1 aromatic carbocycles. The molecule has 20 heavy (non-hydrogen) atoms. The Balaban J connectivity index is 2.28. The molecule has 1 aliphatic heterocycles. The van der Waals surface area contributed by atoms with E-state index in [1.807, 2.05) is 0 Å². The molecule has 1 saturated heterocycles. The number of non-ortho nitro benzene ring substituents is 1. The van der Waals surface area contributed by atoms with Gasteiger partial charge in [-0.3, -0.25) is 19.8 Å². The average Bonchev–Trinajstić information content (AvgIpc) is 2.67. The smallest absolute Gasteiger partial charge is 0.270 e. The molecule has 0 aromatic heterocycles. The molecule has 0 unspecified atom stereocenters. The van der Waals surface area contributed by atoms with E-state index in [1.165, 1.54) is 17.0 Å². The van der Waals surface area contributed by atoms with Gasteiger partial charge in [0.05, 0.1) is 23.0 Å². The van der Waals surface area contributed by atoms with E-state index >= 15 is 0 Å². The number of rotatable bonds is 4. The highest BCUT2D eigenvalue weighted by Crippen LogP contribution is 2.32. The van der Waals surface area contributed by atoms with E-state index in [2.05, 4.69) is 0 Å². The van der Waals surface area contributed by atoms with Crippen molar-refractivity contribution in [3.8, 4) is 0 Å². The van der Waals surface area contributed by atoms with Crippen LogP contribution in [0.5, 0.6) is 0 Å². The van der Waals surface area contributed by atoms with Crippen LogP contribution in [0.4, 0.5) is 5.69 Å². The van der Waals surface area contributed by atoms with Crippen molar-refractivity contribution in [2.24, 2.45) is 0 Å². The van der Waals surface area contributed by atoms with Gasteiger partial charge in [-0.25, -0.2) is 0 Å². The highest BCUT2D eigenvalue weighted by Gasteiger charge is 2.31. The molecule has 0 spiro atoms. The van der Waals surface area contributed by atoms with Crippen molar-refractivity contribution >= 4 is 46.0 Å². The quantitative estimate of drug-likeness (QED) is 0.395. The highest BCUT2D eigenvalue weighted by atomic mass is 32.2. The van der Waals surface area contributed by atoms with Gasteiger partial charge >= 0.3 is 0 Å². The number of nitro groups is 1. The zero-order valence-electron chi connectivity index (χ0n) is 10.2. The van der Waals surface area contributed by atoms with E-state index in [0.29, 0.717) is 14.8 Å². The summed E-state index contributed by atoms with van der Waals surface area (Å²) in [4.78, 5) is 23.9. The summed E-state index contributed by atoms with van der Waals surface area (Å²) in [6.07, 6.45) is 1.56. The number of amides is 1. The predicted octanol–water partition coefficient (Wildman–Crippen LogP) is 1.79. The van der Waals surface area contributed by atoms with Crippen LogP contribution in [0.15, 0.2) is 29.2 Å². The van der Waals surface area contributed by atoms with Crippen molar-refractivity contribution in [3.63, 3.8) is 0 Å². The van der Waals surface area contributed by atoms with E-state index in [-0.39, 0.29) is 24.7 Å².